The molecule has 0 bridgehead atoms. The average molecular weight is 335 g/mol. The van der Waals surface area contributed by atoms with Gasteiger partial charge in [0.15, 0.2) is 0 Å². The van der Waals surface area contributed by atoms with Crippen molar-refractivity contribution in [1.29, 1.82) is 0 Å². The molecule has 2 aliphatic rings. The second-order valence-corrected chi connectivity index (χ2v) is 7.14. The van der Waals surface area contributed by atoms with E-state index in [0.717, 1.165) is 36.4 Å². The first kappa shape index (κ1) is 16.4. The van der Waals surface area contributed by atoms with Crippen molar-refractivity contribution < 1.29 is 4.74 Å². The molecule has 1 aliphatic heterocycles. The van der Waals surface area contributed by atoms with E-state index in [1.165, 1.54) is 38.5 Å². The zero-order valence-corrected chi connectivity index (χ0v) is 14.7. The standard InChI is InChI=1S/C21H25N3O/c1-2-6-17(5-1)8-9-18-10-12-19(13-11-18)21-16-24(23-22-21)15-20-7-3-4-14-25-20/h10-13,16-17,20H,1-7,14-15H2/t20-/m1/s1. The topological polar surface area (TPSA) is 39.9 Å². The number of hydrogen-bond donors (Lipinski definition) is 0. The van der Waals surface area contributed by atoms with Gasteiger partial charge in [0.2, 0.25) is 0 Å². The molecule has 1 atom stereocenters. The van der Waals surface area contributed by atoms with Gasteiger partial charge in [0.25, 0.3) is 0 Å². The van der Waals surface area contributed by atoms with Crippen molar-refractivity contribution in [1.82, 2.24) is 15.0 Å². The minimum absolute atomic E-state index is 0.275. The summed E-state index contributed by atoms with van der Waals surface area (Å²) in [7, 11) is 0. The van der Waals surface area contributed by atoms with Crippen LogP contribution in [0.1, 0.15) is 50.5 Å². The lowest BCUT2D eigenvalue weighted by Gasteiger charge is -2.21. The fourth-order valence-corrected chi connectivity index (χ4v) is 3.66. The van der Waals surface area contributed by atoms with E-state index in [1.807, 2.05) is 10.9 Å². The highest BCUT2D eigenvalue weighted by atomic mass is 16.5. The fourth-order valence-electron chi connectivity index (χ4n) is 3.66. The Morgan fingerprint density at radius 2 is 1.84 bits per heavy atom. The Balaban J connectivity index is 1.39. The zero-order valence-electron chi connectivity index (χ0n) is 14.7. The number of aromatic nitrogens is 3. The summed E-state index contributed by atoms with van der Waals surface area (Å²) in [5, 5.41) is 8.57. The van der Waals surface area contributed by atoms with E-state index in [0.29, 0.717) is 5.92 Å². The first-order valence-corrected chi connectivity index (χ1v) is 9.50. The lowest BCUT2D eigenvalue weighted by molar-refractivity contribution is 0.00370. The van der Waals surface area contributed by atoms with Gasteiger partial charge in [-0.3, -0.25) is 0 Å². The maximum Gasteiger partial charge on any atom is 0.113 e. The molecule has 1 saturated carbocycles. The molecule has 2 fully saturated rings. The SMILES string of the molecule is C(#CC1CCCC1)c1ccc(-c2cn(C[C@H]3CCCCO3)nn2)cc1. The van der Waals surface area contributed by atoms with Crippen LogP contribution in [0, 0.1) is 17.8 Å². The molecular weight excluding hydrogens is 310 g/mol. The largest absolute Gasteiger partial charge is 0.376 e. The van der Waals surface area contributed by atoms with Gasteiger partial charge in [-0.05, 0) is 44.2 Å². The molecular formula is C21H25N3O. The van der Waals surface area contributed by atoms with Gasteiger partial charge >= 0.3 is 0 Å². The van der Waals surface area contributed by atoms with E-state index in [2.05, 4.69) is 46.4 Å². The Hall–Kier alpha value is -2.12. The van der Waals surface area contributed by atoms with Crippen molar-refractivity contribution in [3.05, 3.63) is 36.0 Å². The molecule has 4 nitrogen and oxygen atoms in total. The molecule has 1 saturated heterocycles. The highest BCUT2D eigenvalue weighted by molar-refractivity contribution is 5.59. The summed E-state index contributed by atoms with van der Waals surface area (Å²) in [5.41, 5.74) is 3.08. The van der Waals surface area contributed by atoms with Crippen LogP contribution in [-0.2, 0) is 11.3 Å². The van der Waals surface area contributed by atoms with Gasteiger partial charge in [-0.25, -0.2) is 4.68 Å². The highest BCUT2D eigenvalue weighted by Crippen LogP contribution is 2.24. The Kier molecular flexibility index (Phi) is 5.13. The summed E-state index contributed by atoms with van der Waals surface area (Å²) in [4.78, 5) is 0. The minimum Gasteiger partial charge on any atom is -0.376 e. The van der Waals surface area contributed by atoms with Crippen LogP contribution in [-0.4, -0.2) is 27.7 Å². The molecule has 0 N–H and O–H groups in total. The van der Waals surface area contributed by atoms with Crippen LogP contribution < -0.4 is 0 Å². The summed E-state index contributed by atoms with van der Waals surface area (Å²) in [5.74, 6) is 7.33. The molecule has 4 rings (SSSR count). The zero-order chi connectivity index (χ0) is 16.9. The van der Waals surface area contributed by atoms with Crippen LogP contribution >= 0.6 is 0 Å². The molecule has 4 heteroatoms. The van der Waals surface area contributed by atoms with Crippen LogP contribution in [0.4, 0.5) is 0 Å². The maximum atomic E-state index is 5.78. The summed E-state index contributed by atoms with van der Waals surface area (Å²) in [6.07, 6.45) is 11.0. The number of benzene rings is 1. The summed E-state index contributed by atoms with van der Waals surface area (Å²) < 4.78 is 7.68. The molecule has 0 radical (unpaired) electrons. The van der Waals surface area contributed by atoms with E-state index in [1.54, 1.807) is 0 Å². The van der Waals surface area contributed by atoms with Gasteiger partial charge in [-0.2, -0.15) is 0 Å². The highest BCUT2D eigenvalue weighted by Gasteiger charge is 2.15. The lowest BCUT2D eigenvalue weighted by atomic mass is 10.1. The van der Waals surface area contributed by atoms with Gasteiger partial charge in [0, 0.05) is 23.7 Å². The van der Waals surface area contributed by atoms with Crippen molar-refractivity contribution in [3.63, 3.8) is 0 Å². The molecule has 25 heavy (non-hydrogen) atoms. The molecule has 2 heterocycles. The number of rotatable bonds is 3. The quantitative estimate of drug-likeness (QED) is 0.794. The van der Waals surface area contributed by atoms with Crippen molar-refractivity contribution in [3.8, 4) is 23.1 Å². The number of ether oxygens (including phenoxy) is 1. The predicted molar refractivity (Wildman–Crippen MR) is 97.9 cm³/mol. The minimum atomic E-state index is 0.275. The third-order valence-corrected chi connectivity index (χ3v) is 5.16. The molecule has 2 aromatic rings. The normalized spacial score (nSPS) is 21.0. The Morgan fingerprint density at radius 3 is 2.60 bits per heavy atom. The first-order chi connectivity index (χ1) is 12.4. The first-order valence-electron chi connectivity index (χ1n) is 9.50. The number of hydrogen-bond acceptors (Lipinski definition) is 3. The molecule has 1 aliphatic carbocycles. The summed E-state index contributed by atoms with van der Waals surface area (Å²) in [6.45, 7) is 1.66. The van der Waals surface area contributed by atoms with Gasteiger partial charge < -0.3 is 4.74 Å². The van der Waals surface area contributed by atoms with E-state index >= 15 is 0 Å². The lowest BCUT2D eigenvalue weighted by Crippen LogP contribution is -2.24. The van der Waals surface area contributed by atoms with Crippen molar-refractivity contribution in [2.45, 2.75) is 57.6 Å². The van der Waals surface area contributed by atoms with E-state index in [4.69, 9.17) is 4.74 Å². The van der Waals surface area contributed by atoms with Gasteiger partial charge in [0.05, 0.1) is 18.8 Å². The van der Waals surface area contributed by atoms with Gasteiger partial charge in [-0.1, -0.05) is 42.0 Å². The molecule has 1 aromatic carbocycles. The predicted octanol–water partition coefficient (Wildman–Crippen LogP) is 4.06. The number of nitrogens with zero attached hydrogens (tertiary/aromatic N) is 3. The van der Waals surface area contributed by atoms with Crippen LogP contribution in [0.5, 0.6) is 0 Å². The smallest absolute Gasteiger partial charge is 0.113 e. The average Bonchev–Trinajstić information content (AvgIpc) is 3.33. The van der Waals surface area contributed by atoms with Crippen LogP contribution in [0.25, 0.3) is 11.3 Å². The molecule has 0 spiro atoms. The van der Waals surface area contributed by atoms with Gasteiger partial charge in [-0.15, -0.1) is 5.10 Å². The van der Waals surface area contributed by atoms with Crippen LogP contribution in [0.15, 0.2) is 30.5 Å². The van der Waals surface area contributed by atoms with Crippen LogP contribution in [0.2, 0.25) is 0 Å². The van der Waals surface area contributed by atoms with Crippen molar-refractivity contribution >= 4 is 0 Å². The van der Waals surface area contributed by atoms with E-state index in [-0.39, 0.29) is 6.10 Å². The Bertz CT molecular complexity index is 741. The van der Waals surface area contributed by atoms with Crippen LogP contribution in [0.3, 0.4) is 0 Å². The fraction of sp³-hybridized carbons (Fsp3) is 0.524. The van der Waals surface area contributed by atoms with E-state index in [9.17, 15) is 0 Å². The molecule has 1 aromatic heterocycles. The maximum absolute atomic E-state index is 5.78. The van der Waals surface area contributed by atoms with Crippen molar-refractivity contribution in [2.75, 3.05) is 6.61 Å². The second kappa shape index (κ2) is 7.84. The van der Waals surface area contributed by atoms with Gasteiger partial charge in [0.1, 0.15) is 5.69 Å². The third kappa shape index (κ3) is 4.29. The van der Waals surface area contributed by atoms with Crippen molar-refractivity contribution in [2.24, 2.45) is 5.92 Å². The monoisotopic (exact) mass is 335 g/mol. The molecule has 130 valence electrons. The molecule has 0 amide bonds. The van der Waals surface area contributed by atoms with E-state index < -0.39 is 0 Å². The Labute approximate surface area is 149 Å². The summed E-state index contributed by atoms with van der Waals surface area (Å²) >= 11 is 0. The molecule has 0 unspecified atom stereocenters. The Morgan fingerprint density at radius 1 is 1.04 bits per heavy atom. The third-order valence-electron chi connectivity index (χ3n) is 5.16. The summed E-state index contributed by atoms with van der Waals surface area (Å²) in [6, 6.07) is 8.34. The second-order valence-electron chi connectivity index (χ2n) is 7.14.